The van der Waals surface area contributed by atoms with Crippen LogP contribution in [0.4, 0.5) is 0 Å². The standard InChI is InChI=1S/C14H11ClN4O/c1-9-7-11(10-5-3-2-4-6-10)18-19(9)12-8-16-17-14(20)13(12)15/h2-8H,1H3,(H,17,20). The number of aromatic nitrogens is 4. The highest BCUT2D eigenvalue weighted by Gasteiger charge is 2.12. The van der Waals surface area contributed by atoms with Crippen LogP contribution in [0.15, 0.2) is 47.4 Å². The minimum atomic E-state index is -0.430. The molecule has 6 heteroatoms. The van der Waals surface area contributed by atoms with E-state index in [1.54, 1.807) is 4.68 Å². The van der Waals surface area contributed by atoms with E-state index >= 15 is 0 Å². The predicted molar refractivity (Wildman–Crippen MR) is 77.2 cm³/mol. The summed E-state index contributed by atoms with van der Waals surface area (Å²) in [6.07, 6.45) is 1.48. The van der Waals surface area contributed by atoms with Crippen molar-refractivity contribution in [2.45, 2.75) is 6.92 Å². The number of halogens is 1. The second-order valence-electron chi connectivity index (χ2n) is 4.35. The largest absolute Gasteiger partial charge is 0.285 e. The van der Waals surface area contributed by atoms with Crippen LogP contribution >= 0.6 is 11.6 Å². The Morgan fingerprint density at radius 2 is 2.00 bits per heavy atom. The molecule has 0 saturated heterocycles. The van der Waals surface area contributed by atoms with Gasteiger partial charge in [-0.05, 0) is 13.0 Å². The molecule has 0 unspecified atom stereocenters. The highest BCUT2D eigenvalue weighted by atomic mass is 35.5. The third-order valence-corrected chi connectivity index (χ3v) is 3.33. The van der Waals surface area contributed by atoms with E-state index in [0.29, 0.717) is 5.69 Å². The molecule has 0 atom stereocenters. The van der Waals surface area contributed by atoms with Gasteiger partial charge in [-0.3, -0.25) is 4.79 Å². The van der Waals surface area contributed by atoms with Crippen LogP contribution in [0.2, 0.25) is 5.02 Å². The average molecular weight is 287 g/mol. The van der Waals surface area contributed by atoms with Crippen molar-refractivity contribution < 1.29 is 0 Å². The molecule has 20 heavy (non-hydrogen) atoms. The van der Waals surface area contributed by atoms with E-state index < -0.39 is 5.56 Å². The SMILES string of the molecule is Cc1cc(-c2ccccc2)nn1-c1cn[nH]c(=O)c1Cl. The number of hydrogen-bond donors (Lipinski definition) is 1. The quantitative estimate of drug-likeness (QED) is 0.787. The van der Waals surface area contributed by atoms with Crippen LogP contribution in [0.1, 0.15) is 5.69 Å². The topological polar surface area (TPSA) is 63.6 Å². The third-order valence-electron chi connectivity index (χ3n) is 2.96. The number of hydrogen-bond acceptors (Lipinski definition) is 3. The van der Waals surface area contributed by atoms with Gasteiger partial charge in [-0.15, -0.1) is 0 Å². The number of aryl methyl sites for hydroxylation is 1. The Bertz CT molecular complexity index is 808. The van der Waals surface area contributed by atoms with Gasteiger partial charge in [-0.2, -0.15) is 10.2 Å². The maximum Gasteiger partial charge on any atom is 0.285 e. The Balaban J connectivity index is 2.15. The maximum atomic E-state index is 11.5. The molecule has 0 fully saturated rings. The van der Waals surface area contributed by atoms with Crippen LogP contribution in [0.5, 0.6) is 0 Å². The summed E-state index contributed by atoms with van der Waals surface area (Å²) in [5.41, 5.74) is 2.73. The highest BCUT2D eigenvalue weighted by Crippen LogP contribution is 2.22. The van der Waals surface area contributed by atoms with Gasteiger partial charge in [0.2, 0.25) is 0 Å². The molecule has 0 spiro atoms. The molecule has 0 saturated carbocycles. The molecule has 5 nitrogen and oxygen atoms in total. The molecule has 0 aliphatic heterocycles. The molecule has 3 aromatic rings. The van der Waals surface area contributed by atoms with Crippen LogP contribution in [0.25, 0.3) is 16.9 Å². The number of benzene rings is 1. The van der Waals surface area contributed by atoms with Crippen molar-refractivity contribution in [3.63, 3.8) is 0 Å². The van der Waals surface area contributed by atoms with Crippen molar-refractivity contribution in [3.05, 3.63) is 63.7 Å². The van der Waals surface area contributed by atoms with Gasteiger partial charge in [-0.25, -0.2) is 9.78 Å². The van der Waals surface area contributed by atoms with E-state index in [1.807, 2.05) is 43.3 Å². The highest BCUT2D eigenvalue weighted by molar-refractivity contribution is 6.32. The van der Waals surface area contributed by atoms with Crippen molar-refractivity contribution in [2.24, 2.45) is 0 Å². The molecule has 0 aliphatic rings. The molecule has 1 N–H and O–H groups in total. The number of nitrogens with one attached hydrogen (secondary N) is 1. The van der Waals surface area contributed by atoms with Crippen LogP contribution in [-0.4, -0.2) is 20.0 Å². The molecule has 0 amide bonds. The molecule has 2 aromatic heterocycles. The lowest BCUT2D eigenvalue weighted by Crippen LogP contribution is -2.13. The normalized spacial score (nSPS) is 10.7. The van der Waals surface area contributed by atoms with Crippen molar-refractivity contribution >= 4 is 11.6 Å². The van der Waals surface area contributed by atoms with E-state index in [2.05, 4.69) is 15.3 Å². The lowest BCUT2D eigenvalue weighted by atomic mass is 10.1. The summed E-state index contributed by atoms with van der Waals surface area (Å²) in [4.78, 5) is 11.5. The first-order valence-corrected chi connectivity index (χ1v) is 6.40. The molecule has 0 aliphatic carbocycles. The molecule has 0 bridgehead atoms. The second kappa shape index (κ2) is 4.94. The summed E-state index contributed by atoms with van der Waals surface area (Å²) in [5.74, 6) is 0. The maximum absolute atomic E-state index is 11.5. The zero-order valence-corrected chi connectivity index (χ0v) is 11.4. The van der Waals surface area contributed by atoms with Gasteiger partial charge in [0, 0.05) is 11.3 Å². The predicted octanol–water partition coefficient (Wildman–Crippen LogP) is 2.58. The fourth-order valence-corrected chi connectivity index (χ4v) is 2.16. The first kappa shape index (κ1) is 12.6. The third kappa shape index (κ3) is 2.12. The van der Waals surface area contributed by atoms with E-state index in [9.17, 15) is 4.79 Å². The average Bonchev–Trinajstić information content (AvgIpc) is 2.85. The van der Waals surface area contributed by atoms with Crippen molar-refractivity contribution in [1.82, 2.24) is 20.0 Å². The summed E-state index contributed by atoms with van der Waals surface area (Å²) in [5, 5.41) is 10.6. The van der Waals surface area contributed by atoms with E-state index in [4.69, 9.17) is 11.6 Å². The van der Waals surface area contributed by atoms with Gasteiger partial charge in [0.25, 0.3) is 5.56 Å². The van der Waals surface area contributed by atoms with Gasteiger partial charge >= 0.3 is 0 Å². The number of nitrogens with zero attached hydrogens (tertiary/aromatic N) is 3. The molecule has 3 rings (SSSR count). The van der Waals surface area contributed by atoms with Crippen molar-refractivity contribution in [1.29, 1.82) is 0 Å². The molecular formula is C14H11ClN4O. The van der Waals surface area contributed by atoms with Gasteiger partial charge in [0.05, 0.1) is 11.9 Å². The van der Waals surface area contributed by atoms with E-state index in [-0.39, 0.29) is 5.02 Å². The Hall–Kier alpha value is -2.40. The van der Waals surface area contributed by atoms with Gasteiger partial charge < -0.3 is 0 Å². The van der Waals surface area contributed by atoms with Crippen LogP contribution in [-0.2, 0) is 0 Å². The number of H-pyrrole nitrogens is 1. The van der Waals surface area contributed by atoms with Gasteiger partial charge in [-0.1, -0.05) is 41.9 Å². The lowest BCUT2D eigenvalue weighted by molar-refractivity contribution is 0.827. The molecule has 2 heterocycles. The Morgan fingerprint density at radius 1 is 1.25 bits per heavy atom. The molecular weight excluding hydrogens is 276 g/mol. The second-order valence-corrected chi connectivity index (χ2v) is 4.73. The molecule has 0 radical (unpaired) electrons. The number of rotatable bonds is 2. The minimum Gasteiger partial charge on any atom is -0.266 e. The monoisotopic (exact) mass is 286 g/mol. The Kier molecular flexibility index (Phi) is 3.12. The van der Waals surface area contributed by atoms with Gasteiger partial charge in [0.1, 0.15) is 10.7 Å². The van der Waals surface area contributed by atoms with E-state index in [0.717, 1.165) is 17.0 Å². The molecule has 100 valence electrons. The smallest absolute Gasteiger partial charge is 0.266 e. The zero-order valence-electron chi connectivity index (χ0n) is 10.7. The minimum absolute atomic E-state index is 0.0748. The fourth-order valence-electron chi connectivity index (χ4n) is 1.99. The van der Waals surface area contributed by atoms with Crippen LogP contribution in [0.3, 0.4) is 0 Å². The van der Waals surface area contributed by atoms with E-state index in [1.165, 1.54) is 6.20 Å². The molecule has 1 aromatic carbocycles. The first-order valence-electron chi connectivity index (χ1n) is 6.02. The summed E-state index contributed by atoms with van der Waals surface area (Å²) in [7, 11) is 0. The first-order chi connectivity index (χ1) is 9.66. The lowest BCUT2D eigenvalue weighted by Gasteiger charge is -2.04. The van der Waals surface area contributed by atoms with Gasteiger partial charge in [0.15, 0.2) is 0 Å². The zero-order chi connectivity index (χ0) is 14.1. The van der Waals surface area contributed by atoms with Crippen molar-refractivity contribution in [2.75, 3.05) is 0 Å². The Morgan fingerprint density at radius 3 is 2.75 bits per heavy atom. The fraction of sp³-hybridized carbons (Fsp3) is 0.0714. The van der Waals surface area contributed by atoms with Crippen LogP contribution < -0.4 is 5.56 Å². The van der Waals surface area contributed by atoms with Crippen molar-refractivity contribution in [3.8, 4) is 16.9 Å². The summed E-state index contributed by atoms with van der Waals surface area (Å²) < 4.78 is 1.62. The summed E-state index contributed by atoms with van der Waals surface area (Å²) in [6.45, 7) is 1.90. The summed E-state index contributed by atoms with van der Waals surface area (Å²) >= 11 is 6.01. The Labute approximate surface area is 119 Å². The summed E-state index contributed by atoms with van der Waals surface area (Å²) in [6, 6.07) is 11.7. The number of aromatic amines is 1. The van der Waals surface area contributed by atoms with Crippen LogP contribution in [0, 0.1) is 6.92 Å².